The molecule has 0 heterocycles. The van der Waals surface area contributed by atoms with Gasteiger partial charge in [0.15, 0.2) is 0 Å². The predicted octanol–water partition coefficient (Wildman–Crippen LogP) is 18.2. The van der Waals surface area contributed by atoms with E-state index in [1.165, 1.54) is 34.8 Å². The van der Waals surface area contributed by atoms with E-state index in [1.54, 1.807) is 0 Å². The average molecular weight is 663 g/mol. The van der Waals surface area contributed by atoms with Crippen LogP contribution in [0.1, 0.15) is 157 Å². The summed E-state index contributed by atoms with van der Waals surface area (Å²) in [6.07, 6.45) is 8.93. The van der Waals surface area contributed by atoms with Crippen LogP contribution in [-0.4, -0.2) is 0 Å². The largest absolute Gasteiger partial charge is 0.0842 e. The Morgan fingerprint density at radius 2 is 0.562 bits per heavy atom. The average Bonchev–Trinajstić information content (AvgIpc) is 3.27. The zero-order valence-electron chi connectivity index (χ0n) is 36.1. The fourth-order valence-electron chi connectivity index (χ4n) is 3.01. The number of hydrogen-bond acceptors (Lipinski definition) is 0. The number of hydrogen-bond donors (Lipinski definition) is 0. The molecule has 0 unspecified atom stereocenters. The second kappa shape index (κ2) is 74.5. The molecule has 0 atom stereocenters. The molecule has 5 rings (SSSR count). The van der Waals surface area contributed by atoms with Gasteiger partial charge in [-0.05, 0) is 34.8 Å². The molecule has 0 nitrogen and oxygen atoms in total. The molecule has 278 valence electrons. The minimum absolute atomic E-state index is 1.18. The van der Waals surface area contributed by atoms with Crippen LogP contribution in [0.3, 0.4) is 0 Å². The predicted molar refractivity (Wildman–Crippen MR) is 237 cm³/mol. The minimum atomic E-state index is 1.18. The van der Waals surface area contributed by atoms with Crippen LogP contribution in [-0.2, 0) is 0 Å². The first-order valence-corrected chi connectivity index (χ1v) is 19.8. The van der Waals surface area contributed by atoms with Crippen LogP contribution in [0.2, 0.25) is 0 Å². The number of benzene rings is 4. The molecule has 0 aliphatic heterocycles. The van der Waals surface area contributed by atoms with Crippen LogP contribution >= 0.6 is 0 Å². The summed E-state index contributed by atoms with van der Waals surface area (Å²) in [7, 11) is 0. The van der Waals surface area contributed by atoms with Gasteiger partial charge in [0.2, 0.25) is 0 Å². The summed E-state index contributed by atoms with van der Waals surface area (Å²) in [5.41, 5.74) is 2.82. The first kappa shape index (κ1) is 63.3. The number of allylic oxidation sites excluding steroid dienone is 4. The fourth-order valence-corrected chi connectivity index (χ4v) is 3.01. The maximum absolute atomic E-state index is 2.21. The SMILES string of the molecule is C1=CCCC(c2ccccc2)=C1.CC.CC.CC.CC.CC.CC.CC.CC.CC.CC.c1ccc2ccccc2c1.c1ccccc1. The van der Waals surface area contributed by atoms with Crippen molar-refractivity contribution in [1.82, 2.24) is 0 Å². The lowest BCUT2D eigenvalue weighted by molar-refractivity contribution is 1.05. The molecule has 1 aliphatic rings. The van der Waals surface area contributed by atoms with Crippen LogP contribution in [0.25, 0.3) is 16.3 Å². The number of fused-ring (bicyclic) bond motifs is 1. The van der Waals surface area contributed by atoms with E-state index in [-0.39, 0.29) is 0 Å². The normalized spacial score (nSPS) is 8.29. The van der Waals surface area contributed by atoms with Crippen LogP contribution in [0.5, 0.6) is 0 Å². The molecule has 0 saturated heterocycles. The molecule has 48 heavy (non-hydrogen) atoms. The van der Waals surface area contributed by atoms with Crippen molar-refractivity contribution in [3.63, 3.8) is 0 Å². The molecule has 0 spiro atoms. The van der Waals surface area contributed by atoms with Gasteiger partial charge < -0.3 is 0 Å². The van der Waals surface area contributed by atoms with E-state index >= 15 is 0 Å². The summed E-state index contributed by atoms with van der Waals surface area (Å²) in [6, 6.07) is 39.3. The highest BCUT2D eigenvalue weighted by atomic mass is 14.1. The lowest BCUT2D eigenvalue weighted by Gasteiger charge is -2.08. The molecule has 0 heteroatoms. The lowest BCUT2D eigenvalue weighted by Crippen LogP contribution is -1.86. The summed E-state index contributed by atoms with van der Waals surface area (Å²) >= 11 is 0. The standard InChI is InChI=1S/C12H12.C10H8.C6H6.10C2H6/c1-3-7-11(8-4-1)12-9-5-2-6-10-12;1-2-6-10-8-4-3-7-9(10)5-1;1-2-4-6-5-3-1;10*1-2/h1-5,7-9H,6,10H2;1-8H;1-6H;10*1-2H3. The highest BCUT2D eigenvalue weighted by Crippen LogP contribution is 2.22. The smallest absolute Gasteiger partial charge is 0.0184 e. The Morgan fingerprint density at radius 3 is 0.812 bits per heavy atom. The van der Waals surface area contributed by atoms with Crippen molar-refractivity contribution in [3.05, 3.63) is 139 Å². The summed E-state index contributed by atoms with van der Waals surface area (Å²) in [5.74, 6) is 0. The van der Waals surface area contributed by atoms with Crippen molar-refractivity contribution >= 4 is 16.3 Å². The third-order valence-electron chi connectivity index (χ3n) is 4.48. The third-order valence-corrected chi connectivity index (χ3v) is 4.48. The van der Waals surface area contributed by atoms with Crippen molar-refractivity contribution in [2.24, 2.45) is 0 Å². The lowest BCUT2D eigenvalue weighted by atomic mass is 9.98. The Bertz CT molecular complexity index is 903. The van der Waals surface area contributed by atoms with Crippen molar-refractivity contribution < 1.29 is 0 Å². The summed E-state index contributed by atoms with van der Waals surface area (Å²) in [6.45, 7) is 40.0. The molecule has 0 radical (unpaired) electrons. The molecule has 0 bridgehead atoms. The van der Waals surface area contributed by atoms with Crippen molar-refractivity contribution in [2.45, 2.75) is 151 Å². The summed E-state index contributed by atoms with van der Waals surface area (Å²) in [5, 5.41) is 2.62. The van der Waals surface area contributed by atoms with Gasteiger partial charge in [-0.3, -0.25) is 0 Å². The van der Waals surface area contributed by atoms with E-state index in [0.29, 0.717) is 0 Å². The Labute approximate surface area is 305 Å². The van der Waals surface area contributed by atoms with Crippen molar-refractivity contribution in [3.8, 4) is 0 Å². The van der Waals surface area contributed by atoms with Gasteiger partial charge in [-0.15, -0.1) is 0 Å². The Kier molecular flexibility index (Phi) is 98.2. The maximum Gasteiger partial charge on any atom is -0.0184 e. The zero-order valence-corrected chi connectivity index (χ0v) is 36.1. The Hall–Kier alpha value is -3.38. The van der Waals surface area contributed by atoms with Gasteiger partial charge in [0.05, 0.1) is 0 Å². The Balaban J connectivity index is -0.0000000674. The third kappa shape index (κ3) is 44.7. The van der Waals surface area contributed by atoms with Crippen LogP contribution in [0.4, 0.5) is 0 Å². The molecule has 0 N–H and O–H groups in total. The van der Waals surface area contributed by atoms with E-state index in [4.69, 9.17) is 0 Å². The molecule has 4 aromatic carbocycles. The first-order chi connectivity index (χ1) is 23.9. The first-order valence-electron chi connectivity index (χ1n) is 19.8. The number of rotatable bonds is 1. The molecule has 0 fully saturated rings. The van der Waals surface area contributed by atoms with E-state index in [1.807, 2.05) is 175 Å². The summed E-state index contributed by atoms with van der Waals surface area (Å²) < 4.78 is 0. The van der Waals surface area contributed by atoms with E-state index in [2.05, 4.69) is 97.1 Å². The monoisotopic (exact) mass is 663 g/mol. The van der Waals surface area contributed by atoms with Gasteiger partial charge >= 0.3 is 0 Å². The van der Waals surface area contributed by atoms with Gasteiger partial charge in [0.25, 0.3) is 0 Å². The fraction of sp³-hybridized carbons (Fsp3) is 0.458. The highest BCUT2D eigenvalue weighted by Gasteiger charge is 2.00. The van der Waals surface area contributed by atoms with E-state index < -0.39 is 0 Å². The quantitative estimate of drug-likeness (QED) is 0.190. The van der Waals surface area contributed by atoms with Crippen molar-refractivity contribution in [2.75, 3.05) is 0 Å². The van der Waals surface area contributed by atoms with E-state index in [9.17, 15) is 0 Å². The molecule has 1 aliphatic carbocycles. The molecular formula is C48H86. The molecular weight excluding hydrogens is 577 g/mol. The van der Waals surface area contributed by atoms with Crippen LogP contribution < -0.4 is 0 Å². The van der Waals surface area contributed by atoms with Crippen LogP contribution in [0, 0.1) is 0 Å². The second-order valence-electron chi connectivity index (χ2n) is 6.53. The zero-order chi connectivity index (χ0) is 39.3. The van der Waals surface area contributed by atoms with Crippen LogP contribution in [0.15, 0.2) is 133 Å². The van der Waals surface area contributed by atoms with E-state index in [0.717, 1.165) is 0 Å². The molecule has 4 aromatic rings. The molecule has 0 saturated carbocycles. The molecule has 0 aromatic heterocycles. The minimum Gasteiger partial charge on any atom is -0.0842 e. The Morgan fingerprint density at radius 1 is 0.312 bits per heavy atom. The maximum atomic E-state index is 2.21. The van der Waals surface area contributed by atoms with Gasteiger partial charge in [-0.2, -0.15) is 0 Å². The topological polar surface area (TPSA) is 0 Å². The van der Waals surface area contributed by atoms with Gasteiger partial charge in [0, 0.05) is 0 Å². The second-order valence-corrected chi connectivity index (χ2v) is 6.53. The van der Waals surface area contributed by atoms with Gasteiger partial charge in [-0.25, -0.2) is 0 Å². The van der Waals surface area contributed by atoms with Crippen molar-refractivity contribution in [1.29, 1.82) is 0 Å². The highest BCUT2D eigenvalue weighted by molar-refractivity contribution is 5.82. The van der Waals surface area contributed by atoms with Gasteiger partial charge in [0.1, 0.15) is 0 Å². The molecule has 0 amide bonds. The summed E-state index contributed by atoms with van der Waals surface area (Å²) in [4.78, 5) is 0. The van der Waals surface area contributed by atoms with Gasteiger partial charge in [-0.1, -0.05) is 272 Å².